The molecule has 0 atom stereocenters. The van der Waals surface area contributed by atoms with Crippen LogP contribution in [-0.2, 0) is 20.7 Å². The van der Waals surface area contributed by atoms with Crippen LogP contribution in [0.4, 0.5) is 0 Å². The molecule has 1 rings (SSSR count). The molecule has 0 bridgehead atoms. The van der Waals surface area contributed by atoms with E-state index in [0.717, 1.165) is 15.6 Å². The number of rotatable bonds is 9. The van der Waals surface area contributed by atoms with Gasteiger partial charge < -0.3 is 14.4 Å². The second kappa shape index (κ2) is 9.31. The van der Waals surface area contributed by atoms with Gasteiger partial charge in [0.1, 0.15) is 0 Å². The molecule has 19 heavy (non-hydrogen) atoms. The Labute approximate surface area is 123 Å². The molecule has 0 saturated carbocycles. The standard InChI is InChI=1S/C13H20ClNO3S/c1-17-9-7-15(8-10-18-2)13(16)6-4-11-3-5-12(14)19-11/h3,5H,4,6-10H2,1-2H3. The number of nitrogens with zero attached hydrogens (tertiary/aromatic N) is 1. The van der Waals surface area contributed by atoms with Crippen molar-refractivity contribution in [3.05, 3.63) is 21.3 Å². The van der Waals surface area contributed by atoms with E-state index in [4.69, 9.17) is 21.1 Å². The van der Waals surface area contributed by atoms with Gasteiger partial charge in [-0.25, -0.2) is 0 Å². The molecule has 0 aromatic carbocycles. The fourth-order valence-corrected chi connectivity index (χ4v) is 2.73. The lowest BCUT2D eigenvalue weighted by atomic mass is 10.2. The van der Waals surface area contributed by atoms with Crippen molar-refractivity contribution in [1.82, 2.24) is 4.90 Å². The molecule has 6 heteroatoms. The summed E-state index contributed by atoms with van der Waals surface area (Å²) < 4.78 is 10.8. The Kier molecular flexibility index (Phi) is 8.05. The van der Waals surface area contributed by atoms with E-state index in [9.17, 15) is 4.79 Å². The third-order valence-electron chi connectivity index (χ3n) is 2.70. The van der Waals surface area contributed by atoms with Crippen molar-refractivity contribution < 1.29 is 14.3 Å². The van der Waals surface area contributed by atoms with Crippen molar-refractivity contribution in [2.45, 2.75) is 12.8 Å². The van der Waals surface area contributed by atoms with Gasteiger partial charge in [0.15, 0.2) is 0 Å². The number of halogens is 1. The molecule has 0 aliphatic rings. The van der Waals surface area contributed by atoms with E-state index in [-0.39, 0.29) is 5.91 Å². The van der Waals surface area contributed by atoms with E-state index in [1.807, 2.05) is 12.1 Å². The monoisotopic (exact) mass is 305 g/mol. The molecular formula is C13H20ClNO3S. The van der Waals surface area contributed by atoms with Gasteiger partial charge in [0, 0.05) is 38.6 Å². The zero-order chi connectivity index (χ0) is 14.1. The van der Waals surface area contributed by atoms with Crippen LogP contribution >= 0.6 is 22.9 Å². The van der Waals surface area contributed by atoms with Crippen LogP contribution in [0, 0.1) is 0 Å². The summed E-state index contributed by atoms with van der Waals surface area (Å²) in [4.78, 5) is 15.0. The van der Waals surface area contributed by atoms with Gasteiger partial charge in [0.05, 0.1) is 17.6 Å². The van der Waals surface area contributed by atoms with Crippen molar-refractivity contribution in [2.24, 2.45) is 0 Å². The summed E-state index contributed by atoms with van der Waals surface area (Å²) in [6.45, 7) is 2.29. The molecule has 4 nitrogen and oxygen atoms in total. The number of hydrogen-bond acceptors (Lipinski definition) is 4. The van der Waals surface area contributed by atoms with Crippen LogP contribution in [0.2, 0.25) is 4.34 Å². The number of aryl methyl sites for hydroxylation is 1. The summed E-state index contributed by atoms with van der Waals surface area (Å²) in [7, 11) is 3.26. The number of amides is 1. The highest BCUT2D eigenvalue weighted by molar-refractivity contribution is 7.16. The maximum Gasteiger partial charge on any atom is 0.223 e. The zero-order valence-electron chi connectivity index (χ0n) is 11.4. The first-order valence-electron chi connectivity index (χ1n) is 6.17. The normalized spacial score (nSPS) is 10.7. The topological polar surface area (TPSA) is 38.8 Å². The van der Waals surface area contributed by atoms with Crippen LogP contribution in [0.15, 0.2) is 12.1 Å². The number of carbonyl (C=O) groups is 1. The van der Waals surface area contributed by atoms with Gasteiger partial charge in [-0.1, -0.05) is 11.6 Å². The van der Waals surface area contributed by atoms with Crippen molar-refractivity contribution in [3.63, 3.8) is 0 Å². The predicted octanol–water partition coefficient (Wildman–Crippen LogP) is 2.46. The lowest BCUT2D eigenvalue weighted by Crippen LogP contribution is -2.36. The Morgan fingerprint density at radius 3 is 2.37 bits per heavy atom. The molecule has 1 aromatic heterocycles. The summed E-state index contributed by atoms with van der Waals surface area (Å²) in [5, 5.41) is 0. The first-order valence-corrected chi connectivity index (χ1v) is 7.36. The lowest BCUT2D eigenvalue weighted by molar-refractivity contribution is -0.132. The zero-order valence-corrected chi connectivity index (χ0v) is 12.9. The fourth-order valence-electron chi connectivity index (χ4n) is 1.64. The fraction of sp³-hybridized carbons (Fsp3) is 0.615. The maximum atomic E-state index is 12.1. The highest BCUT2D eigenvalue weighted by atomic mass is 35.5. The smallest absolute Gasteiger partial charge is 0.223 e. The Bertz CT molecular complexity index is 376. The van der Waals surface area contributed by atoms with E-state index in [2.05, 4.69) is 0 Å². The Morgan fingerprint density at radius 1 is 1.26 bits per heavy atom. The number of carbonyl (C=O) groups excluding carboxylic acids is 1. The Balaban J connectivity index is 2.41. The molecule has 0 unspecified atom stereocenters. The van der Waals surface area contributed by atoms with Crippen LogP contribution in [0.1, 0.15) is 11.3 Å². The molecule has 0 aliphatic heterocycles. The summed E-state index contributed by atoms with van der Waals surface area (Å²) in [6, 6.07) is 3.83. The van der Waals surface area contributed by atoms with E-state index >= 15 is 0 Å². The molecule has 0 fully saturated rings. The van der Waals surface area contributed by atoms with Gasteiger partial charge in [-0.05, 0) is 18.6 Å². The third-order valence-corrected chi connectivity index (χ3v) is 3.99. The molecule has 1 heterocycles. The van der Waals surface area contributed by atoms with Gasteiger partial charge in [-0.2, -0.15) is 0 Å². The van der Waals surface area contributed by atoms with Crippen LogP contribution < -0.4 is 0 Å². The van der Waals surface area contributed by atoms with Crippen LogP contribution in [0.5, 0.6) is 0 Å². The molecule has 1 amide bonds. The van der Waals surface area contributed by atoms with Gasteiger partial charge in [-0.15, -0.1) is 11.3 Å². The Morgan fingerprint density at radius 2 is 1.89 bits per heavy atom. The van der Waals surface area contributed by atoms with E-state index in [0.29, 0.717) is 32.7 Å². The van der Waals surface area contributed by atoms with Crippen LogP contribution in [-0.4, -0.2) is 51.3 Å². The van der Waals surface area contributed by atoms with Gasteiger partial charge in [0.2, 0.25) is 5.91 Å². The molecule has 1 aromatic rings. The largest absolute Gasteiger partial charge is 0.383 e. The third kappa shape index (κ3) is 6.38. The van der Waals surface area contributed by atoms with Crippen molar-refractivity contribution in [1.29, 1.82) is 0 Å². The summed E-state index contributed by atoms with van der Waals surface area (Å²) in [6.07, 6.45) is 1.22. The molecule has 0 radical (unpaired) electrons. The molecular weight excluding hydrogens is 286 g/mol. The minimum atomic E-state index is 0.124. The molecule has 0 saturated heterocycles. The molecule has 0 N–H and O–H groups in total. The summed E-state index contributed by atoms with van der Waals surface area (Å²) >= 11 is 7.39. The average Bonchev–Trinajstić information content (AvgIpc) is 2.82. The van der Waals surface area contributed by atoms with E-state index in [1.54, 1.807) is 19.1 Å². The van der Waals surface area contributed by atoms with Crippen molar-refractivity contribution in [2.75, 3.05) is 40.5 Å². The SMILES string of the molecule is COCCN(CCOC)C(=O)CCc1ccc(Cl)s1. The first kappa shape index (κ1) is 16.4. The lowest BCUT2D eigenvalue weighted by Gasteiger charge is -2.21. The first-order chi connectivity index (χ1) is 9.17. The minimum Gasteiger partial charge on any atom is -0.383 e. The van der Waals surface area contributed by atoms with Crippen LogP contribution in [0.25, 0.3) is 0 Å². The Hall–Kier alpha value is -0.620. The average molecular weight is 306 g/mol. The van der Waals surface area contributed by atoms with Gasteiger partial charge in [0.25, 0.3) is 0 Å². The molecule has 108 valence electrons. The quantitative estimate of drug-likeness (QED) is 0.703. The van der Waals surface area contributed by atoms with Gasteiger partial charge >= 0.3 is 0 Å². The molecule has 0 spiro atoms. The number of thiophene rings is 1. The highest BCUT2D eigenvalue weighted by Gasteiger charge is 2.13. The molecule has 0 aliphatic carbocycles. The second-order valence-corrected chi connectivity index (χ2v) is 5.87. The van der Waals surface area contributed by atoms with Gasteiger partial charge in [-0.3, -0.25) is 4.79 Å². The number of hydrogen-bond donors (Lipinski definition) is 0. The number of ether oxygens (including phenoxy) is 2. The number of methoxy groups -OCH3 is 2. The van der Waals surface area contributed by atoms with E-state index in [1.165, 1.54) is 11.3 Å². The predicted molar refractivity (Wildman–Crippen MR) is 78.0 cm³/mol. The maximum absolute atomic E-state index is 12.1. The minimum absolute atomic E-state index is 0.124. The second-order valence-electron chi connectivity index (χ2n) is 4.07. The van der Waals surface area contributed by atoms with Crippen molar-refractivity contribution in [3.8, 4) is 0 Å². The summed E-state index contributed by atoms with van der Waals surface area (Å²) in [5.74, 6) is 0.124. The van der Waals surface area contributed by atoms with E-state index < -0.39 is 0 Å². The van der Waals surface area contributed by atoms with Crippen LogP contribution in [0.3, 0.4) is 0 Å². The summed E-state index contributed by atoms with van der Waals surface area (Å²) in [5.41, 5.74) is 0. The highest BCUT2D eigenvalue weighted by Crippen LogP contribution is 2.22. The van der Waals surface area contributed by atoms with Crippen molar-refractivity contribution >= 4 is 28.8 Å².